The molecule has 0 saturated carbocycles. The Morgan fingerprint density at radius 1 is 1.25 bits per heavy atom. The number of rotatable bonds is 3. The number of hydrogen-bond donors (Lipinski definition) is 0. The van der Waals surface area contributed by atoms with Crippen LogP contribution in [0.2, 0.25) is 0 Å². The van der Waals surface area contributed by atoms with E-state index in [0.717, 1.165) is 24.3 Å². The Hall–Kier alpha value is -1.04. The van der Waals surface area contributed by atoms with Crippen LogP contribution in [0.5, 0.6) is 0 Å². The summed E-state index contributed by atoms with van der Waals surface area (Å²) in [6, 6.07) is 1.99. The number of benzene rings is 1. The molecule has 1 aromatic rings. The topological polar surface area (TPSA) is 17.1 Å². The Labute approximate surface area is 118 Å². The Bertz CT molecular complexity index is 492. The second-order valence-electron chi connectivity index (χ2n) is 4.88. The SMILES string of the molecule is O=C(CC1CCSCC1)c1cc(C(F)(F)F)ccc1F. The predicted octanol–water partition coefficient (Wildman–Crippen LogP) is 4.56. The molecular weight excluding hydrogens is 292 g/mol. The predicted molar refractivity (Wildman–Crippen MR) is 70.4 cm³/mol. The highest BCUT2D eigenvalue weighted by Gasteiger charge is 2.32. The first kappa shape index (κ1) is 15.4. The van der Waals surface area contributed by atoms with Gasteiger partial charge in [-0.3, -0.25) is 4.79 Å². The van der Waals surface area contributed by atoms with E-state index in [2.05, 4.69) is 0 Å². The number of Topliss-reactive ketones (excluding diaryl/α,β-unsaturated/α-hetero) is 1. The lowest BCUT2D eigenvalue weighted by molar-refractivity contribution is -0.137. The number of hydrogen-bond acceptors (Lipinski definition) is 2. The molecule has 1 fully saturated rings. The average molecular weight is 306 g/mol. The average Bonchev–Trinajstić information content (AvgIpc) is 2.39. The Morgan fingerprint density at radius 3 is 2.50 bits per heavy atom. The third-order valence-electron chi connectivity index (χ3n) is 3.41. The smallest absolute Gasteiger partial charge is 0.294 e. The molecule has 0 bridgehead atoms. The molecule has 0 aromatic heterocycles. The molecule has 0 radical (unpaired) electrons. The summed E-state index contributed by atoms with van der Waals surface area (Å²) in [5.74, 6) is 0.628. The fraction of sp³-hybridized carbons (Fsp3) is 0.500. The fourth-order valence-electron chi connectivity index (χ4n) is 2.24. The standard InChI is InChI=1S/C14H14F4OS/c15-12-2-1-10(14(16,17)18)8-11(12)13(19)7-9-3-5-20-6-4-9/h1-2,8-9H,3-7H2. The minimum absolute atomic E-state index is 0.124. The van der Waals surface area contributed by atoms with E-state index in [1.54, 1.807) is 11.8 Å². The van der Waals surface area contributed by atoms with Crippen molar-refractivity contribution >= 4 is 17.5 Å². The van der Waals surface area contributed by atoms with Crippen molar-refractivity contribution in [3.05, 3.63) is 35.1 Å². The molecule has 1 aliphatic heterocycles. The van der Waals surface area contributed by atoms with Gasteiger partial charge in [0, 0.05) is 6.42 Å². The van der Waals surface area contributed by atoms with Gasteiger partial charge >= 0.3 is 6.18 Å². The zero-order valence-electron chi connectivity index (χ0n) is 10.7. The molecule has 1 nitrogen and oxygen atoms in total. The highest BCUT2D eigenvalue weighted by molar-refractivity contribution is 7.99. The van der Waals surface area contributed by atoms with Crippen LogP contribution in [0.15, 0.2) is 18.2 Å². The van der Waals surface area contributed by atoms with Gasteiger partial charge in [-0.25, -0.2) is 4.39 Å². The van der Waals surface area contributed by atoms with Gasteiger partial charge in [-0.2, -0.15) is 24.9 Å². The maximum atomic E-state index is 13.6. The quantitative estimate of drug-likeness (QED) is 0.601. The van der Waals surface area contributed by atoms with Gasteiger partial charge in [0.05, 0.1) is 11.1 Å². The fourth-order valence-corrected chi connectivity index (χ4v) is 3.44. The molecule has 2 rings (SSSR count). The first-order valence-corrected chi connectivity index (χ1v) is 7.51. The summed E-state index contributed by atoms with van der Waals surface area (Å²) < 4.78 is 51.3. The lowest BCUT2D eigenvalue weighted by Gasteiger charge is -2.20. The molecular formula is C14H14F4OS. The number of carbonyl (C=O) groups is 1. The molecule has 1 aromatic carbocycles. The molecule has 0 unspecified atom stereocenters. The largest absolute Gasteiger partial charge is 0.416 e. The van der Waals surface area contributed by atoms with Crippen LogP contribution in [-0.2, 0) is 6.18 Å². The maximum absolute atomic E-state index is 13.6. The van der Waals surface area contributed by atoms with Crippen molar-refractivity contribution in [3.63, 3.8) is 0 Å². The van der Waals surface area contributed by atoms with Crippen LogP contribution >= 0.6 is 11.8 Å². The molecule has 1 aliphatic rings. The van der Waals surface area contributed by atoms with Gasteiger partial charge in [0.2, 0.25) is 0 Å². The van der Waals surface area contributed by atoms with E-state index < -0.39 is 28.9 Å². The highest BCUT2D eigenvalue weighted by Crippen LogP contribution is 2.32. The van der Waals surface area contributed by atoms with Crippen LogP contribution in [0.25, 0.3) is 0 Å². The maximum Gasteiger partial charge on any atom is 0.416 e. The second kappa shape index (κ2) is 6.16. The third kappa shape index (κ3) is 3.75. The minimum Gasteiger partial charge on any atom is -0.294 e. The molecule has 0 spiro atoms. The van der Waals surface area contributed by atoms with E-state index in [9.17, 15) is 22.4 Å². The Balaban J connectivity index is 2.16. The number of alkyl halides is 3. The van der Waals surface area contributed by atoms with E-state index >= 15 is 0 Å². The summed E-state index contributed by atoms with van der Waals surface area (Å²) in [5.41, 5.74) is -1.43. The van der Waals surface area contributed by atoms with Gasteiger partial charge in [0.15, 0.2) is 5.78 Å². The van der Waals surface area contributed by atoms with E-state index in [1.807, 2.05) is 0 Å². The molecule has 0 aliphatic carbocycles. The Kier molecular flexibility index (Phi) is 4.73. The van der Waals surface area contributed by atoms with Gasteiger partial charge in [0.1, 0.15) is 5.82 Å². The lowest BCUT2D eigenvalue weighted by Crippen LogP contribution is -2.16. The van der Waals surface area contributed by atoms with Crippen LogP contribution in [0.1, 0.15) is 35.2 Å². The van der Waals surface area contributed by atoms with E-state index in [0.29, 0.717) is 18.2 Å². The van der Waals surface area contributed by atoms with Gasteiger partial charge in [-0.1, -0.05) is 0 Å². The van der Waals surface area contributed by atoms with E-state index in [1.165, 1.54) is 0 Å². The third-order valence-corrected chi connectivity index (χ3v) is 4.46. The lowest BCUT2D eigenvalue weighted by atomic mass is 9.93. The zero-order chi connectivity index (χ0) is 14.8. The van der Waals surface area contributed by atoms with Crippen molar-refractivity contribution in [1.29, 1.82) is 0 Å². The van der Waals surface area contributed by atoms with Crippen molar-refractivity contribution in [1.82, 2.24) is 0 Å². The molecule has 1 saturated heterocycles. The number of thioether (sulfide) groups is 1. The van der Waals surface area contributed by atoms with Crippen LogP contribution in [0.4, 0.5) is 17.6 Å². The van der Waals surface area contributed by atoms with Crippen LogP contribution in [0, 0.1) is 11.7 Å². The number of ketones is 1. The Morgan fingerprint density at radius 2 is 1.90 bits per heavy atom. The first-order valence-electron chi connectivity index (χ1n) is 6.35. The van der Waals surface area contributed by atoms with E-state index in [4.69, 9.17) is 0 Å². The van der Waals surface area contributed by atoms with Gasteiger partial charge in [-0.15, -0.1) is 0 Å². The first-order chi connectivity index (χ1) is 9.38. The van der Waals surface area contributed by atoms with Crippen molar-refractivity contribution < 1.29 is 22.4 Å². The highest BCUT2D eigenvalue weighted by atomic mass is 32.2. The summed E-state index contributed by atoms with van der Waals surface area (Å²) in [7, 11) is 0. The van der Waals surface area contributed by atoms with Gasteiger partial charge in [0.25, 0.3) is 0 Å². The zero-order valence-corrected chi connectivity index (χ0v) is 11.5. The summed E-state index contributed by atoms with van der Waals surface area (Å²) >= 11 is 1.80. The van der Waals surface area contributed by atoms with Crippen molar-refractivity contribution in [2.45, 2.75) is 25.4 Å². The van der Waals surface area contributed by atoms with Crippen molar-refractivity contribution in [3.8, 4) is 0 Å². The van der Waals surface area contributed by atoms with E-state index in [-0.39, 0.29) is 12.3 Å². The van der Waals surface area contributed by atoms with Gasteiger partial charge in [-0.05, 0) is 48.5 Å². The molecule has 0 N–H and O–H groups in total. The summed E-state index contributed by atoms with van der Waals surface area (Å²) in [6.07, 6.45) is -2.73. The van der Waals surface area contributed by atoms with Crippen LogP contribution < -0.4 is 0 Å². The molecule has 0 amide bonds. The van der Waals surface area contributed by atoms with Gasteiger partial charge < -0.3 is 0 Å². The van der Waals surface area contributed by atoms with Crippen molar-refractivity contribution in [2.24, 2.45) is 5.92 Å². The molecule has 0 atom stereocenters. The summed E-state index contributed by atoms with van der Waals surface area (Å²) in [5, 5.41) is 0. The summed E-state index contributed by atoms with van der Waals surface area (Å²) in [4.78, 5) is 12.0. The second-order valence-corrected chi connectivity index (χ2v) is 6.10. The minimum atomic E-state index is -4.57. The van der Waals surface area contributed by atoms with Crippen LogP contribution in [-0.4, -0.2) is 17.3 Å². The molecule has 110 valence electrons. The molecule has 20 heavy (non-hydrogen) atoms. The van der Waals surface area contributed by atoms with Crippen LogP contribution in [0.3, 0.4) is 0 Å². The molecule has 1 heterocycles. The number of halogens is 4. The van der Waals surface area contributed by atoms with Crippen molar-refractivity contribution in [2.75, 3.05) is 11.5 Å². The normalized spacial score (nSPS) is 17.2. The number of carbonyl (C=O) groups excluding carboxylic acids is 1. The summed E-state index contributed by atoms with van der Waals surface area (Å²) in [6.45, 7) is 0. The molecule has 6 heteroatoms. The monoisotopic (exact) mass is 306 g/mol.